The zero-order valence-electron chi connectivity index (χ0n) is 19.1. The van der Waals surface area contributed by atoms with Crippen molar-refractivity contribution in [3.63, 3.8) is 0 Å². The monoisotopic (exact) mass is 497 g/mol. The van der Waals surface area contributed by atoms with Gasteiger partial charge < -0.3 is 0 Å². The van der Waals surface area contributed by atoms with Crippen molar-refractivity contribution in [1.29, 1.82) is 0 Å². The maximum absolute atomic E-state index is 4.31. The summed E-state index contributed by atoms with van der Waals surface area (Å²) in [5.41, 5.74) is 0. The Balaban J connectivity index is 1.85. The van der Waals surface area contributed by atoms with Gasteiger partial charge in [0, 0.05) is 0 Å². The van der Waals surface area contributed by atoms with Gasteiger partial charge >= 0.3 is 204 Å². The van der Waals surface area contributed by atoms with Crippen LogP contribution in [0, 0.1) is 0 Å². The summed E-state index contributed by atoms with van der Waals surface area (Å²) in [6.45, 7) is 4.31. The summed E-state index contributed by atoms with van der Waals surface area (Å²) >= 11 is -3.04. The Hall–Kier alpha value is -3.60. The van der Waals surface area contributed by atoms with Gasteiger partial charge in [0.1, 0.15) is 0 Å². The molecule has 0 aliphatic heterocycles. The van der Waals surface area contributed by atoms with E-state index in [1.807, 2.05) is 0 Å². The molecule has 0 spiro atoms. The summed E-state index contributed by atoms with van der Waals surface area (Å²) in [6, 6.07) is 47.2. The molecule has 0 unspecified atom stereocenters. The second kappa shape index (κ2) is 8.64. The molecule has 0 atom stereocenters. The van der Waals surface area contributed by atoms with E-state index in [1.165, 1.54) is 45.4 Å². The third-order valence-corrected chi connectivity index (χ3v) is 16.3. The SMILES string of the molecule is C=CC[As+](c1cccc2ccccc12)(c1cccc2ccccc12)c1cccc2ccccc12. The van der Waals surface area contributed by atoms with Crippen LogP contribution in [0.5, 0.6) is 0 Å². The number of rotatable bonds is 5. The first-order chi connectivity index (χ1) is 16.8. The van der Waals surface area contributed by atoms with Crippen LogP contribution < -0.4 is 13.1 Å². The molecular formula is C33H26As+. The minimum absolute atomic E-state index is 0.967. The molecule has 0 bridgehead atoms. The van der Waals surface area contributed by atoms with Crippen molar-refractivity contribution in [2.24, 2.45) is 0 Å². The van der Waals surface area contributed by atoms with Crippen LogP contribution in [0.25, 0.3) is 32.3 Å². The van der Waals surface area contributed by atoms with E-state index in [-0.39, 0.29) is 0 Å². The van der Waals surface area contributed by atoms with E-state index in [0.717, 1.165) is 5.21 Å². The summed E-state index contributed by atoms with van der Waals surface area (Å²) < 4.78 is 4.47. The standard InChI is InChI=1S/C33H26As/c1-2-24-34(31-21-9-15-25-12-3-6-18-28(25)31,32-22-10-16-26-13-4-7-19-29(26)32)33-23-11-17-27-14-5-8-20-30(27)33/h2-23H,1,24H2/q+1. The van der Waals surface area contributed by atoms with E-state index in [9.17, 15) is 0 Å². The molecule has 0 aliphatic carbocycles. The van der Waals surface area contributed by atoms with Crippen molar-refractivity contribution in [3.8, 4) is 0 Å². The van der Waals surface area contributed by atoms with Gasteiger partial charge in [0.05, 0.1) is 0 Å². The molecule has 0 saturated carbocycles. The van der Waals surface area contributed by atoms with Gasteiger partial charge in [-0.1, -0.05) is 0 Å². The van der Waals surface area contributed by atoms with Gasteiger partial charge in [-0.15, -0.1) is 0 Å². The molecule has 0 aliphatic rings. The fourth-order valence-electron chi connectivity index (χ4n) is 5.50. The average molecular weight is 497 g/mol. The van der Waals surface area contributed by atoms with Gasteiger partial charge in [-0.3, -0.25) is 0 Å². The van der Waals surface area contributed by atoms with Crippen LogP contribution in [0.1, 0.15) is 0 Å². The van der Waals surface area contributed by atoms with Crippen molar-refractivity contribution in [3.05, 3.63) is 140 Å². The topological polar surface area (TPSA) is 0 Å². The molecule has 162 valence electrons. The third-order valence-electron chi connectivity index (χ3n) is 6.94. The fraction of sp³-hybridized carbons (Fsp3) is 0.0303. The molecule has 6 aromatic carbocycles. The van der Waals surface area contributed by atoms with Gasteiger partial charge in [-0.25, -0.2) is 0 Å². The molecule has 0 N–H and O–H groups in total. The Bertz CT molecular complexity index is 1450. The molecular weight excluding hydrogens is 471 g/mol. The molecule has 0 radical (unpaired) electrons. The van der Waals surface area contributed by atoms with Crippen LogP contribution in [-0.4, -0.2) is 13.6 Å². The molecule has 0 saturated heterocycles. The summed E-state index contributed by atoms with van der Waals surface area (Å²) in [5.74, 6) is 0. The zero-order chi connectivity index (χ0) is 23.0. The molecule has 0 aromatic heterocycles. The minimum atomic E-state index is -3.04. The van der Waals surface area contributed by atoms with Crippen LogP contribution >= 0.6 is 0 Å². The van der Waals surface area contributed by atoms with Gasteiger partial charge in [-0.2, -0.15) is 0 Å². The molecule has 6 aromatic rings. The first kappa shape index (κ1) is 21.0. The van der Waals surface area contributed by atoms with Crippen molar-refractivity contribution in [1.82, 2.24) is 0 Å². The van der Waals surface area contributed by atoms with E-state index >= 15 is 0 Å². The van der Waals surface area contributed by atoms with Gasteiger partial charge in [-0.05, 0) is 0 Å². The van der Waals surface area contributed by atoms with Gasteiger partial charge in [0.2, 0.25) is 0 Å². The summed E-state index contributed by atoms with van der Waals surface area (Å²) in [5, 5.41) is 8.95. The van der Waals surface area contributed by atoms with E-state index in [4.69, 9.17) is 0 Å². The van der Waals surface area contributed by atoms with E-state index in [1.54, 1.807) is 0 Å². The molecule has 34 heavy (non-hydrogen) atoms. The first-order valence-corrected chi connectivity index (χ1v) is 15.9. The second-order valence-electron chi connectivity index (χ2n) is 8.78. The number of hydrogen-bond donors (Lipinski definition) is 0. The van der Waals surface area contributed by atoms with Crippen molar-refractivity contribution in [2.75, 3.05) is 0 Å². The maximum atomic E-state index is 4.31. The Labute approximate surface area is 203 Å². The molecule has 0 nitrogen and oxygen atoms in total. The van der Waals surface area contributed by atoms with Crippen LogP contribution in [-0.2, 0) is 0 Å². The normalized spacial score (nSPS) is 11.8. The number of fused-ring (bicyclic) bond motifs is 3. The molecule has 0 fully saturated rings. The molecule has 0 heterocycles. The Morgan fingerprint density at radius 2 is 0.765 bits per heavy atom. The Kier molecular flexibility index (Phi) is 5.33. The first-order valence-electron chi connectivity index (χ1n) is 11.8. The van der Waals surface area contributed by atoms with Gasteiger partial charge in [0.15, 0.2) is 0 Å². The summed E-state index contributed by atoms with van der Waals surface area (Å²) in [7, 11) is 0. The van der Waals surface area contributed by atoms with Crippen LogP contribution in [0.3, 0.4) is 0 Å². The van der Waals surface area contributed by atoms with Crippen molar-refractivity contribution in [2.45, 2.75) is 5.21 Å². The summed E-state index contributed by atoms with van der Waals surface area (Å²) in [4.78, 5) is 0. The quantitative estimate of drug-likeness (QED) is 0.182. The molecule has 0 amide bonds. The number of hydrogen-bond acceptors (Lipinski definition) is 0. The zero-order valence-corrected chi connectivity index (χ0v) is 20.9. The number of allylic oxidation sites excluding steroid dienone is 1. The Morgan fingerprint density at radius 3 is 1.12 bits per heavy atom. The van der Waals surface area contributed by atoms with E-state index < -0.39 is 13.6 Å². The molecule has 6 rings (SSSR count). The average Bonchev–Trinajstić information content (AvgIpc) is 2.91. The predicted molar refractivity (Wildman–Crippen MR) is 152 cm³/mol. The number of benzene rings is 6. The van der Waals surface area contributed by atoms with Crippen LogP contribution in [0.4, 0.5) is 0 Å². The van der Waals surface area contributed by atoms with E-state index in [0.29, 0.717) is 0 Å². The molecule has 1 heteroatoms. The van der Waals surface area contributed by atoms with Gasteiger partial charge in [0.25, 0.3) is 0 Å². The third kappa shape index (κ3) is 3.22. The van der Waals surface area contributed by atoms with E-state index in [2.05, 4.69) is 140 Å². The second-order valence-corrected chi connectivity index (χ2v) is 16.0. The van der Waals surface area contributed by atoms with Crippen molar-refractivity contribution < 1.29 is 0 Å². The summed E-state index contributed by atoms with van der Waals surface area (Å²) in [6.07, 6.45) is 2.16. The predicted octanol–water partition coefficient (Wildman–Crippen LogP) is 6.80. The van der Waals surface area contributed by atoms with Crippen molar-refractivity contribution >= 4 is 58.9 Å². The fourth-order valence-corrected chi connectivity index (χ4v) is 15.2. The Morgan fingerprint density at radius 1 is 0.441 bits per heavy atom. The van der Waals surface area contributed by atoms with Crippen LogP contribution in [0.15, 0.2) is 140 Å². The van der Waals surface area contributed by atoms with Crippen LogP contribution in [0.2, 0.25) is 5.21 Å².